The lowest BCUT2D eigenvalue weighted by Crippen LogP contribution is -2.41. The highest BCUT2D eigenvalue weighted by molar-refractivity contribution is 6.68. The van der Waals surface area contributed by atoms with E-state index >= 15 is 0 Å². The molecule has 0 saturated heterocycles. The zero-order valence-corrected chi connectivity index (χ0v) is 15.1. The molecule has 5 nitrogen and oxygen atoms in total. The van der Waals surface area contributed by atoms with Crippen LogP contribution in [0.4, 0.5) is 8.78 Å². The van der Waals surface area contributed by atoms with Crippen molar-refractivity contribution in [3.8, 4) is 5.75 Å². The van der Waals surface area contributed by atoms with Crippen molar-refractivity contribution in [2.24, 2.45) is 0 Å². The molecule has 0 saturated carbocycles. The molecule has 2 N–H and O–H groups in total. The topological polar surface area (TPSA) is 68.2 Å². The van der Waals surface area contributed by atoms with E-state index in [1.54, 1.807) is 0 Å². The van der Waals surface area contributed by atoms with Gasteiger partial charge in [0.15, 0.2) is 17.4 Å². The number of ether oxygens (including phenoxy) is 1. The first-order valence-corrected chi connectivity index (χ1v) is 8.99. The maximum atomic E-state index is 14.1. The third kappa shape index (κ3) is 8.08. The van der Waals surface area contributed by atoms with Crippen LogP contribution in [0.15, 0.2) is 12.1 Å². The fraction of sp³-hybridized carbons (Fsp3) is 0.625. The quantitative estimate of drug-likeness (QED) is 0.367. The Morgan fingerprint density at radius 1 is 0.885 bits per heavy atom. The lowest BCUT2D eigenvalue weighted by Gasteiger charge is -2.14. The van der Waals surface area contributed by atoms with Crippen molar-refractivity contribution < 1.29 is 32.7 Å². The number of unbranched alkanes of at least 4 members (excludes halogenated alkanes) is 7. The van der Waals surface area contributed by atoms with Gasteiger partial charge in [-0.05, 0) is 12.5 Å². The van der Waals surface area contributed by atoms with Crippen LogP contribution in [-0.4, -0.2) is 39.1 Å². The van der Waals surface area contributed by atoms with E-state index in [0.717, 1.165) is 19.3 Å². The van der Waals surface area contributed by atoms with Crippen LogP contribution >= 0.6 is 0 Å². The third-order valence-corrected chi connectivity index (χ3v) is 3.96. The molecule has 1 aromatic rings. The molecule has 142 valence electrons. The molecular weight excluding hydrogens is 343 g/mol. The first-order chi connectivity index (χ1) is 12.7. The molecule has 0 aromatic heterocycles. The predicted molar refractivity (Wildman–Crippen MR) is 98.0 cm³/mol. The zero-order chi connectivity index (χ0) is 19.2. The standard InChI is InChI=1S/C16H25B3F2O5/c1-2-3-4-5-6-7-8-9-12-24-14-11-10-13(15(20)16(14)21)19(25-17-22)26-18-23/h10-11,22-23H,2-9,12H2,1H3. The van der Waals surface area contributed by atoms with Crippen LogP contribution in [0.5, 0.6) is 5.75 Å². The Hall–Kier alpha value is -1.09. The van der Waals surface area contributed by atoms with Gasteiger partial charge in [0, 0.05) is 5.46 Å². The molecule has 2 radical (unpaired) electrons. The fourth-order valence-corrected chi connectivity index (χ4v) is 2.55. The summed E-state index contributed by atoms with van der Waals surface area (Å²) in [5, 5.41) is 17.2. The molecule has 0 amide bonds. The van der Waals surface area contributed by atoms with Crippen molar-refractivity contribution in [2.75, 3.05) is 6.61 Å². The molecule has 0 aliphatic rings. The second-order valence-corrected chi connectivity index (χ2v) is 5.92. The Kier molecular flexibility index (Phi) is 12.4. The SMILES string of the molecule is CCCCCCCCCCOc1ccc(B(O[B]O)O[B]O)c(F)c1F. The second-order valence-electron chi connectivity index (χ2n) is 5.92. The van der Waals surface area contributed by atoms with Gasteiger partial charge in [-0.2, -0.15) is 4.39 Å². The molecular formula is C16H25B3F2O5. The average molecular weight is 368 g/mol. The summed E-state index contributed by atoms with van der Waals surface area (Å²) in [6.45, 7) is 2.48. The Labute approximate surface area is 155 Å². The van der Waals surface area contributed by atoms with E-state index in [1.165, 1.54) is 44.2 Å². The molecule has 0 aliphatic heterocycles. The Bertz CT molecular complexity index is 505. The Morgan fingerprint density at radius 2 is 1.46 bits per heavy atom. The van der Waals surface area contributed by atoms with Crippen molar-refractivity contribution >= 4 is 28.0 Å². The number of hydrogen-bond donors (Lipinski definition) is 2. The average Bonchev–Trinajstić information content (AvgIpc) is 2.63. The van der Waals surface area contributed by atoms with E-state index in [9.17, 15) is 8.78 Å². The van der Waals surface area contributed by atoms with Crippen LogP contribution < -0.4 is 10.2 Å². The van der Waals surface area contributed by atoms with Crippen molar-refractivity contribution in [1.82, 2.24) is 0 Å². The highest BCUT2D eigenvalue weighted by Crippen LogP contribution is 2.19. The van der Waals surface area contributed by atoms with Crippen LogP contribution in [0.2, 0.25) is 0 Å². The lowest BCUT2D eigenvalue weighted by molar-refractivity contribution is 0.285. The fourth-order valence-electron chi connectivity index (χ4n) is 2.55. The molecule has 1 aromatic carbocycles. The normalized spacial score (nSPS) is 10.7. The minimum absolute atomic E-state index is 0.200. The molecule has 26 heavy (non-hydrogen) atoms. The summed E-state index contributed by atoms with van der Waals surface area (Å²) in [6, 6.07) is 2.46. The van der Waals surface area contributed by atoms with Crippen LogP contribution in [0.1, 0.15) is 58.3 Å². The van der Waals surface area contributed by atoms with Gasteiger partial charge in [0.05, 0.1) is 6.61 Å². The van der Waals surface area contributed by atoms with Gasteiger partial charge in [0.1, 0.15) is 0 Å². The van der Waals surface area contributed by atoms with Crippen molar-refractivity contribution in [1.29, 1.82) is 0 Å². The smallest absolute Gasteiger partial charge is 0.470 e. The van der Waals surface area contributed by atoms with Gasteiger partial charge in [-0.3, -0.25) is 0 Å². The van der Waals surface area contributed by atoms with Gasteiger partial charge >= 0.3 is 22.5 Å². The molecule has 10 heteroatoms. The minimum Gasteiger partial charge on any atom is -0.490 e. The number of rotatable bonds is 15. The minimum atomic E-state index is -1.51. The van der Waals surface area contributed by atoms with Gasteiger partial charge < -0.3 is 23.9 Å². The van der Waals surface area contributed by atoms with Crippen LogP contribution in [0, 0.1) is 11.6 Å². The largest absolute Gasteiger partial charge is 0.490 e. The zero-order valence-electron chi connectivity index (χ0n) is 15.1. The van der Waals surface area contributed by atoms with E-state index in [2.05, 4.69) is 16.1 Å². The van der Waals surface area contributed by atoms with Gasteiger partial charge in [-0.25, -0.2) is 4.39 Å². The summed E-state index contributed by atoms with van der Waals surface area (Å²) in [5.41, 5.74) is -0.322. The predicted octanol–water partition coefficient (Wildman–Crippen LogP) is 2.27. The summed E-state index contributed by atoms with van der Waals surface area (Å²) in [6.07, 6.45) is 9.04. The van der Waals surface area contributed by atoms with Gasteiger partial charge in [-0.1, -0.05) is 57.9 Å². The highest BCUT2D eigenvalue weighted by Gasteiger charge is 2.28. The maximum absolute atomic E-state index is 14.1. The van der Waals surface area contributed by atoms with Gasteiger partial charge in [0.25, 0.3) is 0 Å². The van der Waals surface area contributed by atoms with E-state index in [0.29, 0.717) is 6.61 Å². The van der Waals surface area contributed by atoms with E-state index in [4.69, 9.17) is 14.8 Å². The third-order valence-electron chi connectivity index (χ3n) is 3.96. The molecule has 0 fully saturated rings. The molecule has 0 bridgehead atoms. The Morgan fingerprint density at radius 3 is 2.04 bits per heavy atom. The number of halogens is 2. The maximum Gasteiger partial charge on any atom is 0.470 e. The summed E-state index contributed by atoms with van der Waals surface area (Å²) in [4.78, 5) is 0. The summed E-state index contributed by atoms with van der Waals surface area (Å²) < 4.78 is 42.7. The van der Waals surface area contributed by atoms with Crippen LogP contribution in [0.25, 0.3) is 0 Å². The first kappa shape index (κ1) is 23.0. The molecule has 1 rings (SSSR count). The van der Waals surface area contributed by atoms with Gasteiger partial charge in [0.2, 0.25) is 0 Å². The first-order valence-electron chi connectivity index (χ1n) is 8.99. The molecule has 0 aliphatic carbocycles. The number of benzene rings is 1. The van der Waals surface area contributed by atoms with Crippen molar-refractivity contribution in [2.45, 2.75) is 58.3 Å². The lowest BCUT2D eigenvalue weighted by atomic mass is 9.76. The molecule has 0 atom stereocenters. The van der Waals surface area contributed by atoms with Crippen LogP contribution in [0.3, 0.4) is 0 Å². The molecule has 0 spiro atoms. The van der Waals surface area contributed by atoms with E-state index < -0.39 is 18.8 Å². The highest BCUT2D eigenvalue weighted by atomic mass is 19.2. The summed E-state index contributed by atoms with van der Waals surface area (Å²) in [5.74, 6) is -2.60. The van der Waals surface area contributed by atoms with Crippen LogP contribution in [-0.2, 0) is 9.14 Å². The summed E-state index contributed by atoms with van der Waals surface area (Å²) in [7, 11) is -0.989. The van der Waals surface area contributed by atoms with Crippen molar-refractivity contribution in [3.63, 3.8) is 0 Å². The molecule has 0 unspecified atom stereocenters. The number of hydrogen-bond acceptors (Lipinski definition) is 5. The second kappa shape index (κ2) is 14.0. The summed E-state index contributed by atoms with van der Waals surface area (Å²) >= 11 is 0. The Balaban J connectivity index is 2.43. The molecule has 0 heterocycles. The van der Waals surface area contributed by atoms with Crippen molar-refractivity contribution in [3.05, 3.63) is 23.8 Å². The van der Waals surface area contributed by atoms with Gasteiger partial charge in [-0.15, -0.1) is 0 Å². The van der Waals surface area contributed by atoms with E-state index in [-0.39, 0.29) is 26.6 Å². The monoisotopic (exact) mass is 368 g/mol. The van der Waals surface area contributed by atoms with E-state index in [1.807, 2.05) is 0 Å².